The first-order valence-electron chi connectivity index (χ1n) is 5.86. The van der Waals surface area contributed by atoms with Crippen LogP contribution < -0.4 is 10.6 Å². The monoisotopic (exact) mass is 314 g/mol. The van der Waals surface area contributed by atoms with E-state index in [4.69, 9.17) is 5.73 Å². The zero-order valence-corrected chi connectivity index (χ0v) is 11.7. The van der Waals surface area contributed by atoms with Crippen molar-refractivity contribution in [2.24, 2.45) is 0 Å². The third-order valence-electron chi connectivity index (χ3n) is 3.30. The Balaban J connectivity index is 1.99. The molecular formula is C14H11BrN4. The van der Waals surface area contributed by atoms with Crippen molar-refractivity contribution in [3.63, 3.8) is 0 Å². The molecular weight excluding hydrogens is 304 g/mol. The highest BCUT2D eigenvalue weighted by Gasteiger charge is 2.24. The number of pyridine rings is 1. The molecule has 0 atom stereocenters. The Morgan fingerprint density at radius 2 is 2.21 bits per heavy atom. The number of fused-ring (bicyclic) bond motifs is 1. The van der Waals surface area contributed by atoms with E-state index in [1.54, 1.807) is 6.20 Å². The smallest absolute Gasteiger partial charge is 0.141 e. The first kappa shape index (κ1) is 12.0. The van der Waals surface area contributed by atoms with Gasteiger partial charge in [-0.2, -0.15) is 5.26 Å². The quantitative estimate of drug-likeness (QED) is 0.879. The van der Waals surface area contributed by atoms with Crippen LogP contribution in [0.1, 0.15) is 16.7 Å². The van der Waals surface area contributed by atoms with Gasteiger partial charge in [-0.25, -0.2) is 4.98 Å². The van der Waals surface area contributed by atoms with Crippen molar-refractivity contribution < 1.29 is 0 Å². The zero-order chi connectivity index (χ0) is 13.4. The molecule has 0 saturated carbocycles. The van der Waals surface area contributed by atoms with Crippen LogP contribution in [-0.4, -0.2) is 4.98 Å². The van der Waals surface area contributed by atoms with Gasteiger partial charge in [0.25, 0.3) is 0 Å². The van der Waals surface area contributed by atoms with Gasteiger partial charge in [0, 0.05) is 29.4 Å². The number of benzene rings is 1. The summed E-state index contributed by atoms with van der Waals surface area (Å²) >= 11 is 3.47. The molecule has 3 rings (SSSR count). The van der Waals surface area contributed by atoms with Gasteiger partial charge in [-0.1, -0.05) is 22.0 Å². The van der Waals surface area contributed by atoms with Gasteiger partial charge < -0.3 is 10.6 Å². The fourth-order valence-electron chi connectivity index (χ4n) is 2.35. The molecule has 0 aliphatic carbocycles. The van der Waals surface area contributed by atoms with E-state index in [0.717, 1.165) is 27.8 Å². The lowest BCUT2D eigenvalue weighted by atomic mass is 10.1. The first-order valence-corrected chi connectivity index (χ1v) is 6.65. The van der Waals surface area contributed by atoms with Crippen molar-refractivity contribution in [3.8, 4) is 6.07 Å². The van der Waals surface area contributed by atoms with E-state index in [2.05, 4.69) is 44.0 Å². The first-order chi connectivity index (χ1) is 9.19. The van der Waals surface area contributed by atoms with Crippen molar-refractivity contribution in [2.45, 2.75) is 13.1 Å². The van der Waals surface area contributed by atoms with Gasteiger partial charge in [0.2, 0.25) is 0 Å². The molecule has 2 N–H and O–H groups in total. The van der Waals surface area contributed by atoms with Gasteiger partial charge in [0.05, 0.1) is 5.56 Å². The van der Waals surface area contributed by atoms with E-state index < -0.39 is 0 Å². The summed E-state index contributed by atoms with van der Waals surface area (Å²) in [4.78, 5) is 6.29. The molecule has 0 bridgehead atoms. The van der Waals surface area contributed by atoms with Gasteiger partial charge in [0.15, 0.2) is 0 Å². The second-order valence-corrected chi connectivity index (χ2v) is 5.39. The highest BCUT2D eigenvalue weighted by Crippen LogP contribution is 2.32. The molecule has 1 aliphatic heterocycles. The normalized spacial score (nSPS) is 13.2. The Bertz CT molecular complexity index is 690. The molecule has 0 radical (unpaired) electrons. The third kappa shape index (κ3) is 2.04. The van der Waals surface area contributed by atoms with Gasteiger partial charge in [0.1, 0.15) is 11.9 Å². The lowest BCUT2D eigenvalue weighted by Crippen LogP contribution is -2.14. The molecule has 1 aromatic carbocycles. The van der Waals surface area contributed by atoms with Crippen LogP contribution in [0.4, 0.5) is 11.5 Å². The average Bonchev–Trinajstić information content (AvgIpc) is 2.83. The number of hydrogen-bond acceptors (Lipinski definition) is 4. The number of nitrogens with two attached hydrogens (primary N) is 1. The lowest BCUT2D eigenvalue weighted by Gasteiger charge is -2.17. The molecule has 0 fully saturated rings. The highest BCUT2D eigenvalue weighted by atomic mass is 79.9. The van der Waals surface area contributed by atoms with E-state index in [-0.39, 0.29) is 0 Å². The average molecular weight is 315 g/mol. The highest BCUT2D eigenvalue weighted by molar-refractivity contribution is 9.10. The Morgan fingerprint density at radius 1 is 1.37 bits per heavy atom. The Kier molecular flexibility index (Phi) is 2.88. The van der Waals surface area contributed by atoms with Crippen LogP contribution in [0.5, 0.6) is 0 Å². The summed E-state index contributed by atoms with van der Waals surface area (Å²) in [6.45, 7) is 1.45. The van der Waals surface area contributed by atoms with E-state index in [1.807, 2.05) is 12.1 Å². The number of hydrogen-bond donors (Lipinski definition) is 1. The minimum atomic E-state index is 0.317. The molecule has 0 spiro atoms. The molecule has 0 saturated heterocycles. The largest absolute Gasteiger partial charge is 0.383 e. The van der Waals surface area contributed by atoms with Crippen LogP contribution in [0.25, 0.3) is 0 Å². The maximum absolute atomic E-state index is 9.19. The summed E-state index contributed by atoms with van der Waals surface area (Å²) in [6.07, 6.45) is 1.77. The summed E-state index contributed by atoms with van der Waals surface area (Å²) in [5.41, 5.74) is 9.45. The van der Waals surface area contributed by atoms with Crippen LogP contribution in [0.3, 0.4) is 0 Å². The molecule has 19 heavy (non-hydrogen) atoms. The van der Waals surface area contributed by atoms with Crippen molar-refractivity contribution >= 4 is 27.4 Å². The second-order valence-electron chi connectivity index (χ2n) is 4.47. The lowest BCUT2D eigenvalue weighted by molar-refractivity contribution is 0.879. The van der Waals surface area contributed by atoms with Crippen LogP contribution >= 0.6 is 15.9 Å². The van der Waals surface area contributed by atoms with Gasteiger partial charge in [-0.3, -0.25) is 0 Å². The second kappa shape index (κ2) is 4.56. The van der Waals surface area contributed by atoms with Crippen LogP contribution in [0.2, 0.25) is 0 Å². The van der Waals surface area contributed by atoms with Crippen LogP contribution in [0.15, 0.2) is 34.9 Å². The van der Waals surface area contributed by atoms with Crippen molar-refractivity contribution in [1.82, 2.24) is 4.98 Å². The van der Waals surface area contributed by atoms with Crippen LogP contribution in [0, 0.1) is 11.3 Å². The van der Waals surface area contributed by atoms with Gasteiger partial charge >= 0.3 is 0 Å². The molecule has 1 aliphatic rings. The maximum atomic E-state index is 9.19. The molecule has 2 heterocycles. The zero-order valence-electron chi connectivity index (χ0n) is 10.1. The maximum Gasteiger partial charge on any atom is 0.141 e. The summed E-state index contributed by atoms with van der Waals surface area (Å²) in [7, 11) is 0. The number of anilines is 2. The molecule has 2 aromatic rings. The number of nitriles is 1. The number of aromatic nitrogens is 1. The Hall–Kier alpha value is -2.06. The predicted molar refractivity (Wildman–Crippen MR) is 77.4 cm³/mol. The standard InChI is InChI=1S/C14H11BrN4/c15-10-2-1-3-11(4-10)19-7-9-6-18-14(17)12(5-16)13(9)8-19/h1-4,6H,7-8H2,(H2,17,18). The fourth-order valence-corrected chi connectivity index (χ4v) is 2.74. The van der Waals surface area contributed by atoms with Crippen LogP contribution in [-0.2, 0) is 13.1 Å². The molecule has 94 valence electrons. The van der Waals surface area contributed by atoms with E-state index >= 15 is 0 Å². The Morgan fingerprint density at radius 3 is 2.95 bits per heavy atom. The third-order valence-corrected chi connectivity index (χ3v) is 3.79. The summed E-state index contributed by atoms with van der Waals surface area (Å²) in [6, 6.07) is 10.3. The number of halogens is 1. The Labute approximate surface area is 119 Å². The molecule has 4 nitrogen and oxygen atoms in total. The van der Waals surface area contributed by atoms with E-state index in [9.17, 15) is 5.26 Å². The fraction of sp³-hybridized carbons (Fsp3) is 0.143. The predicted octanol–water partition coefficient (Wildman–Crippen LogP) is 2.82. The summed E-state index contributed by atoms with van der Waals surface area (Å²) in [5, 5.41) is 9.19. The number of nitrogen functional groups attached to an aromatic ring is 1. The summed E-state index contributed by atoms with van der Waals surface area (Å²) in [5.74, 6) is 0.317. The number of rotatable bonds is 1. The topological polar surface area (TPSA) is 65.9 Å². The molecule has 0 amide bonds. The molecule has 1 aromatic heterocycles. The minimum Gasteiger partial charge on any atom is -0.383 e. The van der Waals surface area contributed by atoms with Crippen molar-refractivity contribution in [3.05, 3.63) is 51.6 Å². The van der Waals surface area contributed by atoms with Gasteiger partial charge in [-0.15, -0.1) is 0 Å². The van der Waals surface area contributed by atoms with E-state index in [0.29, 0.717) is 17.9 Å². The van der Waals surface area contributed by atoms with Gasteiger partial charge in [-0.05, 0) is 29.3 Å². The van der Waals surface area contributed by atoms with Crippen molar-refractivity contribution in [1.29, 1.82) is 5.26 Å². The van der Waals surface area contributed by atoms with E-state index in [1.165, 1.54) is 0 Å². The minimum absolute atomic E-state index is 0.317. The molecule has 5 heteroatoms. The SMILES string of the molecule is N#Cc1c(N)ncc2c1CN(c1cccc(Br)c1)C2. The number of nitrogens with zero attached hydrogens (tertiary/aromatic N) is 3. The van der Waals surface area contributed by atoms with Crippen molar-refractivity contribution in [2.75, 3.05) is 10.6 Å². The summed E-state index contributed by atoms with van der Waals surface area (Å²) < 4.78 is 1.04. The molecule has 0 unspecified atom stereocenters.